The van der Waals surface area contributed by atoms with Gasteiger partial charge < -0.3 is 10.2 Å². The lowest BCUT2D eigenvalue weighted by Gasteiger charge is -2.12. The van der Waals surface area contributed by atoms with Crippen molar-refractivity contribution in [3.63, 3.8) is 0 Å². The van der Waals surface area contributed by atoms with E-state index in [0.717, 1.165) is 0 Å². The maximum atomic E-state index is 10.8. The molecule has 16 heavy (non-hydrogen) atoms. The smallest absolute Gasteiger partial charge is 0.307 e. The van der Waals surface area contributed by atoms with E-state index in [1.165, 1.54) is 5.48 Å². The molecule has 1 saturated carbocycles. The molecule has 2 unspecified atom stereocenters. The fourth-order valence-corrected chi connectivity index (χ4v) is 1.98. The minimum atomic E-state index is -1.08. The number of aliphatic carboxylic acids is 2. The molecule has 0 aromatic heterocycles. The first kappa shape index (κ1) is 12.4. The average Bonchev–Trinajstić information content (AvgIpc) is 2.88. The lowest BCUT2D eigenvalue weighted by atomic mass is 9.93. The van der Waals surface area contributed by atoms with E-state index in [4.69, 9.17) is 15.4 Å². The molecule has 7 heteroatoms. The number of rotatable bonds is 6. The van der Waals surface area contributed by atoms with E-state index in [9.17, 15) is 14.4 Å². The van der Waals surface area contributed by atoms with Crippen LogP contribution in [0.5, 0.6) is 0 Å². The van der Waals surface area contributed by atoms with E-state index in [2.05, 4.69) is 0 Å². The highest BCUT2D eigenvalue weighted by Gasteiger charge is 2.59. The molecular formula is C9H13NO6. The molecule has 0 aliphatic heterocycles. The monoisotopic (exact) mass is 231 g/mol. The third kappa shape index (κ3) is 2.69. The van der Waals surface area contributed by atoms with Crippen LogP contribution in [0.1, 0.15) is 25.7 Å². The number of carbonyl (C=O) groups is 3. The fraction of sp³-hybridized carbons (Fsp3) is 0.667. The molecule has 7 nitrogen and oxygen atoms in total. The van der Waals surface area contributed by atoms with Crippen LogP contribution in [0.3, 0.4) is 0 Å². The van der Waals surface area contributed by atoms with Crippen LogP contribution in [0.2, 0.25) is 0 Å². The third-order valence-electron chi connectivity index (χ3n) is 2.97. The number of carbonyl (C=O) groups excluding carboxylic acids is 1. The van der Waals surface area contributed by atoms with Gasteiger partial charge in [0.1, 0.15) is 0 Å². The van der Waals surface area contributed by atoms with Gasteiger partial charge in [-0.1, -0.05) is 0 Å². The summed E-state index contributed by atoms with van der Waals surface area (Å²) in [5.41, 5.74) is 0.600. The van der Waals surface area contributed by atoms with Gasteiger partial charge in [-0.3, -0.25) is 19.6 Å². The van der Waals surface area contributed by atoms with Crippen molar-refractivity contribution in [2.45, 2.75) is 25.7 Å². The number of hydrogen-bond donors (Lipinski definition) is 4. The van der Waals surface area contributed by atoms with Crippen molar-refractivity contribution in [3.05, 3.63) is 0 Å². The van der Waals surface area contributed by atoms with Crippen LogP contribution in [0, 0.1) is 11.3 Å². The van der Waals surface area contributed by atoms with Crippen molar-refractivity contribution in [2.24, 2.45) is 11.3 Å². The van der Waals surface area contributed by atoms with E-state index >= 15 is 0 Å². The number of amides is 1. The third-order valence-corrected chi connectivity index (χ3v) is 2.97. The Bertz CT molecular complexity index is 328. The summed E-state index contributed by atoms with van der Waals surface area (Å²) in [7, 11) is 0. The summed E-state index contributed by atoms with van der Waals surface area (Å²) >= 11 is 0. The van der Waals surface area contributed by atoms with Gasteiger partial charge in [-0.2, -0.15) is 0 Å². The Labute approximate surface area is 91.0 Å². The molecule has 2 atom stereocenters. The summed E-state index contributed by atoms with van der Waals surface area (Å²) in [6, 6.07) is 0. The van der Waals surface area contributed by atoms with E-state index in [1.807, 2.05) is 0 Å². The molecule has 0 radical (unpaired) electrons. The van der Waals surface area contributed by atoms with Gasteiger partial charge in [0.2, 0.25) is 5.91 Å². The van der Waals surface area contributed by atoms with Gasteiger partial charge in [-0.15, -0.1) is 0 Å². The molecule has 1 aliphatic carbocycles. The molecule has 0 heterocycles. The predicted molar refractivity (Wildman–Crippen MR) is 49.6 cm³/mol. The number of carboxylic acid groups (broad SMARTS) is 2. The first-order valence-corrected chi connectivity index (χ1v) is 4.79. The van der Waals surface area contributed by atoms with E-state index in [1.54, 1.807) is 0 Å². The highest BCUT2D eigenvalue weighted by atomic mass is 16.5. The van der Waals surface area contributed by atoms with Crippen molar-refractivity contribution < 1.29 is 29.8 Å². The van der Waals surface area contributed by atoms with Crippen LogP contribution < -0.4 is 5.48 Å². The largest absolute Gasteiger partial charge is 0.481 e. The summed E-state index contributed by atoms with van der Waals surface area (Å²) in [6.45, 7) is 0. The topological polar surface area (TPSA) is 124 Å². The zero-order chi connectivity index (χ0) is 12.3. The molecule has 4 N–H and O–H groups in total. The number of carboxylic acids is 2. The Morgan fingerprint density at radius 3 is 2.31 bits per heavy atom. The van der Waals surface area contributed by atoms with E-state index < -0.39 is 29.2 Å². The van der Waals surface area contributed by atoms with E-state index in [-0.39, 0.29) is 25.7 Å². The van der Waals surface area contributed by atoms with Crippen LogP contribution >= 0.6 is 0 Å². The Kier molecular flexibility index (Phi) is 3.48. The Morgan fingerprint density at radius 2 is 1.94 bits per heavy atom. The summed E-state index contributed by atoms with van der Waals surface area (Å²) in [4.78, 5) is 32.1. The van der Waals surface area contributed by atoms with Gasteiger partial charge in [-0.25, -0.2) is 5.48 Å². The second-order valence-corrected chi connectivity index (χ2v) is 4.06. The fourth-order valence-electron chi connectivity index (χ4n) is 1.98. The van der Waals surface area contributed by atoms with Gasteiger partial charge >= 0.3 is 11.9 Å². The van der Waals surface area contributed by atoms with Crippen LogP contribution in [0.15, 0.2) is 0 Å². The van der Waals surface area contributed by atoms with Crippen LogP contribution in [-0.2, 0) is 14.4 Å². The molecule has 90 valence electrons. The SMILES string of the molecule is O=C(O)CC1(CCC(=O)NO)CC1C(=O)O. The van der Waals surface area contributed by atoms with Gasteiger partial charge in [-0.05, 0) is 18.3 Å². The standard InChI is InChI=1S/C9H13NO6/c11-6(10-16)1-2-9(4-7(12)13)3-5(9)8(14)15/h5,16H,1-4H2,(H,10,11)(H,12,13)(H,14,15). The highest BCUT2D eigenvalue weighted by molar-refractivity contribution is 5.79. The quantitative estimate of drug-likeness (QED) is 0.372. The summed E-state index contributed by atoms with van der Waals surface area (Å²) < 4.78 is 0. The minimum absolute atomic E-state index is 0.0758. The Balaban J connectivity index is 2.57. The molecule has 1 fully saturated rings. The maximum absolute atomic E-state index is 10.8. The summed E-state index contributed by atoms with van der Waals surface area (Å²) in [6.07, 6.45) is 0.0895. The van der Waals surface area contributed by atoms with Gasteiger partial charge in [0.25, 0.3) is 0 Å². The van der Waals surface area contributed by atoms with Crippen molar-refractivity contribution in [1.29, 1.82) is 0 Å². The van der Waals surface area contributed by atoms with E-state index in [0.29, 0.717) is 0 Å². The number of hydrogen-bond acceptors (Lipinski definition) is 4. The van der Waals surface area contributed by atoms with Crippen LogP contribution in [0.4, 0.5) is 0 Å². The van der Waals surface area contributed by atoms with Crippen molar-refractivity contribution in [2.75, 3.05) is 0 Å². The highest BCUT2D eigenvalue weighted by Crippen LogP contribution is 2.58. The summed E-state index contributed by atoms with van der Waals surface area (Å²) in [5, 5.41) is 25.7. The molecule has 1 rings (SSSR count). The molecule has 0 saturated heterocycles. The van der Waals surface area contributed by atoms with Crippen molar-refractivity contribution >= 4 is 17.8 Å². The van der Waals surface area contributed by atoms with Gasteiger partial charge in [0.15, 0.2) is 0 Å². The predicted octanol–water partition coefficient (Wildman–Crippen LogP) is -0.162. The van der Waals surface area contributed by atoms with Gasteiger partial charge in [0.05, 0.1) is 12.3 Å². The molecular weight excluding hydrogens is 218 g/mol. The number of nitrogens with one attached hydrogen (secondary N) is 1. The average molecular weight is 231 g/mol. The maximum Gasteiger partial charge on any atom is 0.307 e. The lowest BCUT2D eigenvalue weighted by Crippen LogP contribution is -2.22. The van der Waals surface area contributed by atoms with Crippen molar-refractivity contribution in [1.82, 2.24) is 5.48 Å². The summed E-state index contributed by atoms with van der Waals surface area (Å²) in [5.74, 6) is -3.45. The molecule has 0 aromatic rings. The van der Waals surface area contributed by atoms with Crippen LogP contribution in [0.25, 0.3) is 0 Å². The normalized spacial score (nSPS) is 27.2. The molecule has 1 amide bonds. The van der Waals surface area contributed by atoms with Crippen molar-refractivity contribution in [3.8, 4) is 0 Å². The number of hydroxylamine groups is 1. The first-order chi connectivity index (χ1) is 7.41. The second-order valence-electron chi connectivity index (χ2n) is 4.06. The Morgan fingerprint density at radius 1 is 1.31 bits per heavy atom. The van der Waals surface area contributed by atoms with Crippen LogP contribution in [-0.4, -0.2) is 33.3 Å². The zero-order valence-corrected chi connectivity index (χ0v) is 8.47. The second kappa shape index (κ2) is 4.48. The van der Waals surface area contributed by atoms with Gasteiger partial charge in [0, 0.05) is 6.42 Å². The molecule has 0 aromatic carbocycles. The first-order valence-electron chi connectivity index (χ1n) is 4.79. The molecule has 1 aliphatic rings. The molecule has 0 spiro atoms. The lowest BCUT2D eigenvalue weighted by molar-refractivity contribution is -0.142. The molecule has 0 bridgehead atoms. The minimum Gasteiger partial charge on any atom is -0.481 e. The zero-order valence-electron chi connectivity index (χ0n) is 8.47. The Hall–Kier alpha value is -1.63.